The average molecular weight is 292 g/mol. The Morgan fingerprint density at radius 1 is 1.44 bits per heavy atom. The van der Waals surface area contributed by atoms with Gasteiger partial charge in [0.15, 0.2) is 16.0 Å². The van der Waals surface area contributed by atoms with Crippen molar-refractivity contribution in [3.63, 3.8) is 0 Å². The normalized spacial score (nSPS) is 14.8. The van der Waals surface area contributed by atoms with Gasteiger partial charge in [0.2, 0.25) is 0 Å². The van der Waals surface area contributed by atoms with E-state index in [0.717, 1.165) is 17.7 Å². The minimum atomic E-state index is -4.24. The van der Waals surface area contributed by atoms with Crippen LogP contribution in [0.15, 0.2) is 33.9 Å². The first-order chi connectivity index (χ1) is 8.29. The number of aryl methyl sites for hydroxylation is 1. The van der Waals surface area contributed by atoms with E-state index >= 15 is 0 Å². The van der Waals surface area contributed by atoms with Gasteiger partial charge in [-0.25, -0.2) is 0 Å². The van der Waals surface area contributed by atoms with Crippen molar-refractivity contribution in [1.82, 2.24) is 0 Å². The van der Waals surface area contributed by atoms with Crippen molar-refractivity contribution in [2.24, 2.45) is 4.99 Å². The molecule has 2 rings (SSSR count). The Morgan fingerprint density at radius 2 is 2.11 bits per heavy atom. The van der Waals surface area contributed by atoms with Gasteiger partial charge in [-0.2, -0.15) is 8.42 Å². The largest absolute Gasteiger partial charge is 0.453 e. The maximum absolute atomic E-state index is 10.5. The summed E-state index contributed by atoms with van der Waals surface area (Å²) in [4.78, 5) is 13.8. The summed E-state index contributed by atoms with van der Waals surface area (Å²) in [5.41, 5.74) is 1.06. The fourth-order valence-corrected chi connectivity index (χ4v) is 1.67. The van der Waals surface area contributed by atoms with Gasteiger partial charge >= 0.3 is 10.1 Å². The Kier molecular flexibility index (Phi) is 4.83. The van der Waals surface area contributed by atoms with Crippen LogP contribution in [0.1, 0.15) is 5.56 Å². The molecule has 0 spiro atoms. The second kappa shape index (κ2) is 5.94. The van der Waals surface area contributed by atoms with Crippen LogP contribution < -0.4 is 0 Å². The molecule has 1 aliphatic rings. The van der Waals surface area contributed by atoms with Crippen molar-refractivity contribution in [3.05, 3.63) is 35.3 Å². The van der Waals surface area contributed by atoms with Crippen LogP contribution in [0.25, 0.3) is 0 Å². The lowest BCUT2D eigenvalue weighted by atomic mass is 10.3. The summed E-state index contributed by atoms with van der Waals surface area (Å²) in [5, 5.41) is -0.00500. The van der Waals surface area contributed by atoms with Crippen LogP contribution >= 0.6 is 11.6 Å². The van der Waals surface area contributed by atoms with Gasteiger partial charge in [-0.05, 0) is 42.3 Å². The molecule has 0 amide bonds. The number of halogens is 1. The molecule has 0 saturated carbocycles. The van der Waals surface area contributed by atoms with Crippen molar-refractivity contribution >= 4 is 32.5 Å². The molecule has 0 aromatic carbocycles. The van der Waals surface area contributed by atoms with E-state index in [4.69, 9.17) is 20.6 Å². The Labute approximate surface area is 109 Å². The number of ketones is 1. The van der Waals surface area contributed by atoms with Crippen LogP contribution in [-0.2, 0) is 14.9 Å². The summed E-state index contributed by atoms with van der Waals surface area (Å²) in [6.07, 6.45) is 3.65. The van der Waals surface area contributed by atoms with E-state index in [9.17, 15) is 13.2 Å². The zero-order chi connectivity index (χ0) is 13.8. The second-order valence-corrected chi connectivity index (χ2v) is 5.10. The molecule has 0 fully saturated rings. The number of rotatable bonds is 0. The number of aliphatic imine (C=N–C) groups is 1. The molecule has 0 unspecified atom stereocenters. The van der Waals surface area contributed by atoms with Gasteiger partial charge in [-0.1, -0.05) is 0 Å². The van der Waals surface area contributed by atoms with Crippen LogP contribution in [0.3, 0.4) is 0 Å². The Morgan fingerprint density at radius 3 is 2.39 bits per heavy atom. The number of furan rings is 1. The Bertz CT molecular complexity index is 583. The Hall–Kier alpha value is -1.44. The standard InChI is InChI=1S/C5H5ClO.C5H5NO4S/c1-4-2-5(6)7-3-4;7-4-1-2-5(6-3-4)11(8,9)10/h2-3H,1H3;1-2H,3H2,(H,8,9,10). The van der Waals surface area contributed by atoms with Crippen molar-refractivity contribution in [3.8, 4) is 0 Å². The molecule has 0 radical (unpaired) electrons. The van der Waals surface area contributed by atoms with E-state index in [-0.39, 0.29) is 12.3 Å². The van der Waals surface area contributed by atoms with E-state index in [1.165, 1.54) is 0 Å². The lowest BCUT2D eigenvalue weighted by Gasteiger charge is -2.00. The highest BCUT2D eigenvalue weighted by atomic mass is 35.5. The molecule has 2 heterocycles. The molecule has 8 heteroatoms. The van der Waals surface area contributed by atoms with Crippen LogP contribution in [0, 0.1) is 6.92 Å². The fraction of sp³-hybridized carbons (Fsp3) is 0.200. The maximum Gasteiger partial charge on any atom is 0.311 e. The van der Waals surface area contributed by atoms with Gasteiger partial charge < -0.3 is 4.42 Å². The predicted octanol–water partition coefficient (Wildman–Crippen LogP) is 1.65. The number of hydrogen-bond donors (Lipinski definition) is 1. The molecule has 1 N–H and O–H groups in total. The molecule has 0 bridgehead atoms. The number of nitrogens with zero attached hydrogens (tertiary/aromatic N) is 1. The first kappa shape index (κ1) is 14.6. The molecule has 1 aliphatic heterocycles. The second-order valence-electron chi connectivity index (χ2n) is 3.36. The summed E-state index contributed by atoms with van der Waals surface area (Å²) in [7, 11) is -4.24. The molecule has 0 atom stereocenters. The van der Waals surface area contributed by atoms with Gasteiger partial charge in [-0.3, -0.25) is 14.3 Å². The van der Waals surface area contributed by atoms with Gasteiger partial charge in [0.1, 0.15) is 6.54 Å². The van der Waals surface area contributed by atoms with Gasteiger partial charge in [0.25, 0.3) is 0 Å². The van der Waals surface area contributed by atoms with Gasteiger partial charge in [0, 0.05) is 0 Å². The first-order valence-corrected chi connectivity index (χ1v) is 6.54. The monoisotopic (exact) mass is 291 g/mol. The first-order valence-electron chi connectivity index (χ1n) is 4.72. The zero-order valence-electron chi connectivity index (χ0n) is 9.33. The van der Waals surface area contributed by atoms with E-state index in [1.54, 1.807) is 12.3 Å². The quantitative estimate of drug-likeness (QED) is 0.733. The third kappa shape index (κ3) is 4.82. The van der Waals surface area contributed by atoms with Gasteiger partial charge in [0.05, 0.1) is 6.26 Å². The lowest BCUT2D eigenvalue weighted by molar-refractivity contribution is -0.113. The van der Waals surface area contributed by atoms with Crippen molar-refractivity contribution in [1.29, 1.82) is 0 Å². The predicted molar refractivity (Wildman–Crippen MR) is 66.5 cm³/mol. The van der Waals surface area contributed by atoms with Crippen LogP contribution in [0.4, 0.5) is 0 Å². The molecule has 18 heavy (non-hydrogen) atoms. The van der Waals surface area contributed by atoms with Crippen LogP contribution in [0.5, 0.6) is 0 Å². The highest BCUT2D eigenvalue weighted by Crippen LogP contribution is 2.10. The third-order valence-corrected chi connectivity index (χ3v) is 2.76. The van der Waals surface area contributed by atoms with Crippen LogP contribution in [-0.4, -0.2) is 30.3 Å². The Balaban J connectivity index is 0.000000199. The summed E-state index contributed by atoms with van der Waals surface area (Å²) in [5.74, 6) is -0.280. The maximum atomic E-state index is 10.5. The van der Waals surface area contributed by atoms with E-state index < -0.39 is 15.2 Å². The van der Waals surface area contributed by atoms with Gasteiger partial charge in [-0.15, -0.1) is 0 Å². The number of carbonyl (C=O) groups excluding carboxylic acids is 1. The highest BCUT2D eigenvalue weighted by Gasteiger charge is 2.15. The molecule has 1 aromatic heterocycles. The zero-order valence-corrected chi connectivity index (χ0v) is 10.9. The molecule has 1 aromatic rings. The number of dihydropyridines is 1. The molecule has 6 nitrogen and oxygen atoms in total. The minimum absolute atomic E-state index is 0.217. The summed E-state index contributed by atoms with van der Waals surface area (Å²) >= 11 is 5.39. The minimum Gasteiger partial charge on any atom is -0.453 e. The molecular weight excluding hydrogens is 282 g/mol. The summed E-state index contributed by atoms with van der Waals surface area (Å²) < 4.78 is 33.8. The molecule has 0 aliphatic carbocycles. The smallest absolute Gasteiger partial charge is 0.311 e. The van der Waals surface area contributed by atoms with E-state index in [1.807, 2.05) is 6.92 Å². The van der Waals surface area contributed by atoms with Crippen molar-refractivity contribution < 1.29 is 22.2 Å². The van der Waals surface area contributed by atoms with Crippen molar-refractivity contribution in [2.45, 2.75) is 6.92 Å². The topological polar surface area (TPSA) is 96.9 Å². The van der Waals surface area contributed by atoms with Crippen molar-refractivity contribution in [2.75, 3.05) is 6.54 Å². The number of carbonyl (C=O) groups is 1. The third-order valence-electron chi connectivity index (χ3n) is 1.77. The van der Waals surface area contributed by atoms with E-state index in [2.05, 4.69) is 4.99 Å². The average Bonchev–Trinajstić information content (AvgIpc) is 2.62. The fourth-order valence-electron chi connectivity index (χ4n) is 0.989. The SMILES string of the molecule is Cc1coc(Cl)c1.O=C1C=CC(S(=O)(=O)O)=NC1. The lowest BCUT2D eigenvalue weighted by Crippen LogP contribution is -2.17. The van der Waals surface area contributed by atoms with E-state index in [0.29, 0.717) is 5.22 Å². The summed E-state index contributed by atoms with van der Waals surface area (Å²) in [6.45, 7) is 1.71. The number of hydrogen-bond acceptors (Lipinski definition) is 5. The molecular formula is C10H10ClNO5S. The molecule has 0 saturated heterocycles. The summed E-state index contributed by atoms with van der Waals surface area (Å²) in [6, 6.07) is 1.77. The molecule has 98 valence electrons. The van der Waals surface area contributed by atoms with Crippen LogP contribution in [0.2, 0.25) is 5.22 Å². The highest BCUT2D eigenvalue weighted by molar-refractivity contribution is 8.02.